The van der Waals surface area contributed by atoms with Gasteiger partial charge in [0.25, 0.3) is 0 Å². The number of nitrogens with zero attached hydrogens (tertiary/aromatic N) is 1. The number of aliphatic carboxylic acids is 1. The van der Waals surface area contributed by atoms with Crippen molar-refractivity contribution < 1.29 is 14.6 Å². The number of carbonyl (C=O) groups is 1. The number of hydrogen-bond acceptors (Lipinski definition) is 4. The number of rotatable bonds is 9. The van der Waals surface area contributed by atoms with E-state index in [1.54, 1.807) is 14.2 Å². The van der Waals surface area contributed by atoms with Gasteiger partial charge in [-0.2, -0.15) is 0 Å². The van der Waals surface area contributed by atoms with Crippen molar-refractivity contribution in [3.8, 4) is 0 Å². The molecule has 0 amide bonds. The van der Waals surface area contributed by atoms with Crippen molar-refractivity contribution in [1.29, 1.82) is 0 Å². The first kappa shape index (κ1) is 17.4. The third kappa shape index (κ3) is 4.72. The molecular formula is C15H30N2O3. The lowest BCUT2D eigenvalue weighted by molar-refractivity contribution is -0.145. The van der Waals surface area contributed by atoms with Crippen LogP contribution in [0.15, 0.2) is 0 Å². The van der Waals surface area contributed by atoms with Crippen LogP contribution >= 0.6 is 0 Å². The Morgan fingerprint density at radius 3 is 2.85 bits per heavy atom. The van der Waals surface area contributed by atoms with Gasteiger partial charge in [-0.3, -0.25) is 4.79 Å². The SMILES string of the molecule is CCC(CCCN1CCCC(COC)C1)(NC)C(=O)O. The second-order valence-electron chi connectivity index (χ2n) is 5.86. The monoisotopic (exact) mass is 286 g/mol. The zero-order valence-electron chi connectivity index (χ0n) is 13.2. The Morgan fingerprint density at radius 1 is 1.55 bits per heavy atom. The van der Waals surface area contributed by atoms with Crippen molar-refractivity contribution in [1.82, 2.24) is 10.2 Å². The van der Waals surface area contributed by atoms with E-state index in [0.717, 1.165) is 32.7 Å². The number of ether oxygens (including phenoxy) is 1. The summed E-state index contributed by atoms with van der Waals surface area (Å²) >= 11 is 0. The second-order valence-corrected chi connectivity index (χ2v) is 5.86. The first-order chi connectivity index (χ1) is 9.57. The van der Waals surface area contributed by atoms with Crippen molar-refractivity contribution in [3.05, 3.63) is 0 Å². The molecule has 1 saturated heterocycles. The number of nitrogens with one attached hydrogen (secondary N) is 1. The van der Waals surface area contributed by atoms with Gasteiger partial charge in [-0.1, -0.05) is 6.92 Å². The predicted octanol–water partition coefficient (Wildman–Crippen LogP) is 1.58. The molecule has 2 atom stereocenters. The molecule has 20 heavy (non-hydrogen) atoms. The minimum Gasteiger partial charge on any atom is -0.480 e. The molecule has 1 aliphatic heterocycles. The Labute approximate surface area is 122 Å². The summed E-state index contributed by atoms with van der Waals surface area (Å²) in [5.41, 5.74) is -0.762. The van der Waals surface area contributed by atoms with Gasteiger partial charge in [-0.25, -0.2) is 0 Å². The molecule has 0 aromatic rings. The highest BCUT2D eigenvalue weighted by Crippen LogP contribution is 2.20. The fraction of sp³-hybridized carbons (Fsp3) is 0.933. The number of carboxylic acid groups (broad SMARTS) is 1. The average Bonchev–Trinajstić information content (AvgIpc) is 2.44. The first-order valence-corrected chi connectivity index (χ1v) is 7.71. The van der Waals surface area contributed by atoms with Crippen molar-refractivity contribution in [2.24, 2.45) is 5.92 Å². The molecule has 0 bridgehead atoms. The van der Waals surface area contributed by atoms with Crippen LogP contribution in [0.1, 0.15) is 39.0 Å². The van der Waals surface area contributed by atoms with Crippen LogP contribution < -0.4 is 5.32 Å². The summed E-state index contributed by atoms with van der Waals surface area (Å²) in [6.45, 7) is 5.96. The molecule has 0 aromatic carbocycles. The fourth-order valence-electron chi connectivity index (χ4n) is 3.17. The molecule has 2 N–H and O–H groups in total. The maximum absolute atomic E-state index is 11.4. The number of methoxy groups -OCH3 is 1. The quantitative estimate of drug-likeness (QED) is 0.674. The van der Waals surface area contributed by atoms with Gasteiger partial charge in [0.1, 0.15) is 5.54 Å². The summed E-state index contributed by atoms with van der Waals surface area (Å²) in [6, 6.07) is 0. The maximum Gasteiger partial charge on any atom is 0.323 e. The molecule has 2 unspecified atom stereocenters. The summed E-state index contributed by atoms with van der Waals surface area (Å²) in [5, 5.41) is 12.4. The van der Waals surface area contributed by atoms with Gasteiger partial charge >= 0.3 is 5.97 Å². The Hall–Kier alpha value is -0.650. The topological polar surface area (TPSA) is 61.8 Å². The Bertz CT molecular complexity index is 291. The zero-order valence-corrected chi connectivity index (χ0v) is 13.2. The molecular weight excluding hydrogens is 256 g/mol. The third-order valence-corrected chi connectivity index (χ3v) is 4.57. The fourth-order valence-corrected chi connectivity index (χ4v) is 3.17. The standard InChI is InChI=1S/C15H30N2O3/c1-4-15(16-2,14(18)19)8-6-10-17-9-5-7-13(11-17)12-20-3/h13,16H,4-12H2,1-3H3,(H,18,19). The van der Waals surface area contributed by atoms with Crippen LogP contribution in [-0.2, 0) is 9.53 Å². The van der Waals surface area contributed by atoms with Crippen LogP contribution in [-0.4, -0.2) is 61.9 Å². The van der Waals surface area contributed by atoms with E-state index in [0.29, 0.717) is 18.8 Å². The van der Waals surface area contributed by atoms with Gasteiger partial charge in [-0.05, 0) is 58.2 Å². The van der Waals surface area contributed by atoms with E-state index in [1.165, 1.54) is 12.8 Å². The Morgan fingerprint density at radius 2 is 2.30 bits per heavy atom. The Kier molecular flexibility index (Phi) is 7.48. The highest BCUT2D eigenvalue weighted by Gasteiger charge is 2.34. The molecule has 5 heteroatoms. The highest BCUT2D eigenvalue weighted by molar-refractivity contribution is 5.78. The molecule has 0 saturated carbocycles. The van der Waals surface area contributed by atoms with E-state index in [-0.39, 0.29) is 0 Å². The van der Waals surface area contributed by atoms with E-state index in [2.05, 4.69) is 10.2 Å². The minimum atomic E-state index is -0.762. The second kappa shape index (κ2) is 8.60. The number of piperidine rings is 1. The summed E-state index contributed by atoms with van der Waals surface area (Å²) in [6.07, 6.45) is 4.68. The zero-order chi connectivity index (χ0) is 15.0. The van der Waals surface area contributed by atoms with Crippen LogP contribution in [0.3, 0.4) is 0 Å². The largest absolute Gasteiger partial charge is 0.480 e. The molecule has 1 rings (SSSR count). The van der Waals surface area contributed by atoms with Gasteiger partial charge in [0, 0.05) is 13.7 Å². The van der Waals surface area contributed by atoms with E-state index in [1.807, 2.05) is 6.92 Å². The van der Waals surface area contributed by atoms with E-state index >= 15 is 0 Å². The van der Waals surface area contributed by atoms with Crippen LogP contribution in [0.2, 0.25) is 0 Å². The van der Waals surface area contributed by atoms with Gasteiger partial charge < -0.3 is 20.1 Å². The lowest BCUT2D eigenvalue weighted by Crippen LogP contribution is -2.50. The van der Waals surface area contributed by atoms with Crippen LogP contribution in [0.5, 0.6) is 0 Å². The van der Waals surface area contributed by atoms with Crippen LogP contribution in [0, 0.1) is 5.92 Å². The summed E-state index contributed by atoms with van der Waals surface area (Å²) < 4.78 is 5.24. The maximum atomic E-state index is 11.4. The normalized spacial score (nSPS) is 23.4. The number of likely N-dealkylation sites (tertiary alicyclic amines) is 1. The number of carboxylic acids is 1. The molecule has 118 valence electrons. The third-order valence-electron chi connectivity index (χ3n) is 4.57. The molecule has 1 aliphatic rings. The van der Waals surface area contributed by atoms with E-state index < -0.39 is 11.5 Å². The summed E-state index contributed by atoms with van der Waals surface area (Å²) in [7, 11) is 3.50. The first-order valence-electron chi connectivity index (χ1n) is 7.71. The van der Waals surface area contributed by atoms with E-state index in [9.17, 15) is 9.90 Å². The van der Waals surface area contributed by atoms with Gasteiger partial charge in [-0.15, -0.1) is 0 Å². The highest BCUT2D eigenvalue weighted by atomic mass is 16.5. The Balaban J connectivity index is 2.37. The summed E-state index contributed by atoms with van der Waals surface area (Å²) in [5.74, 6) is -0.105. The average molecular weight is 286 g/mol. The van der Waals surface area contributed by atoms with Gasteiger partial charge in [0.2, 0.25) is 0 Å². The molecule has 0 aliphatic carbocycles. The van der Waals surface area contributed by atoms with E-state index in [4.69, 9.17) is 4.74 Å². The lowest BCUT2D eigenvalue weighted by atomic mass is 9.90. The van der Waals surface area contributed by atoms with Crippen molar-refractivity contribution in [3.63, 3.8) is 0 Å². The van der Waals surface area contributed by atoms with Crippen molar-refractivity contribution >= 4 is 5.97 Å². The van der Waals surface area contributed by atoms with Gasteiger partial charge in [0.05, 0.1) is 6.61 Å². The molecule has 0 aromatic heterocycles. The van der Waals surface area contributed by atoms with Crippen molar-refractivity contribution in [2.75, 3.05) is 40.4 Å². The summed E-state index contributed by atoms with van der Waals surface area (Å²) in [4.78, 5) is 13.9. The minimum absolute atomic E-state index is 0.616. The van der Waals surface area contributed by atoms with Crippen LogP contribution in [0.4, 0.5) is 0 Å². The number of hydrogen-bond donors (Lipinski definition) is 2. The van der Waals surface area contributed by atoms with Crippen molar-refractivity contribution in [2.45, 2.75) is 44.6 Å². The molecule has 1 fully saturated rings. The predicted molar refractivity (Wildman–Crippen MR) is 80.0 cm³/mol. The smallest absolute Gasteiger partial charge is 0.323 e. The molecule has 5 nitrogen and oxygen atoms in total. The molecule has 0 radical (unpaired) electrons. The lowest BCUT2D eigenvalue weighted by Gasteiger charge is -2.34. The van der Waals surface area contributed by atoms with Crippen LogP contribution in [0.25, 0.3) is 0 Å². The number of likely N-dealkylation sites (N-methyl/N-ethyl adjacent to an activating group) is 1. The molecule has 0 spiro atoms. The molecule has 1 heterocycles. The van der Waals surface area contributed by atoms with Gasteiger partial charge in [0.15, 0.2) is 0 Å².